The molecular weight excluding hydrogens is 250 g/mol. The van der Waals surface area contributed by atoms with Crippen molar-refractivity contribution >= 4 is 10.0 Å². The summed E-state index contributed by atoms with van der Waals surface area (Å²) in [6.07, 6.45) is 2.67. The van der Waals surface area contributed by atoms with E-state index in [-0.39, 0.29) is 5.75 Å². The quantitative estimate of drug-likeness (QED) is 0.676. The maximum Gasteiger partial charge on any atom is 0.214 e. The summed E-state index contributed by atoms with van der Waals surface area (Å²) < 4.78 is 25.8. The van der Waals surface area contributed by atoms with Crippen LogP contribution in [0, 0.1) is 5.92 Å². The number of rotatable bonds is 7. The molecule has 0 saturated carbocycles. The lowest BCUT2D eigenvalue weighted by atomic mass is 9.98. The maximum absolute atomic E-state index is 12.1. The van der Waals surface area contributed by atoms with Crippen molar-refractivity contribution in [1.29, 1.82) is 0 Å². The van der Waals surface area contributed by atoms with Gasteiger partial charge in [-0.25, -0.2) is 12.7 Å². The van der Waals surface area contributed by atoms with Crippen molar-refractivity contribution in [1.82, 2.24) is 14.5 Å². The van der Waals surface area contributed by atoms with E-state index in [1.165, 1.54) is 0 Å². The van der Waals surface area contributed by atoms with Gasteiger partial charge in [-0.2, -0.15) is 0 Å². The Morgan fingerprint density at radius 2 is 1.89 bits per heavy atom. The van der Waals surface area contributed by atoms with Gasteiger partial charge in [0.25, 0.3) is 0 Å². The number of nitrogens with one attached hydrogen (secondary N) is 1. The molecule has 1 saturated heterocycles. The van der Waals surface area contributed by atoms with Gasteiger partial charge < -0.3 is 10.2 Å². The SMILES string of the molecule is CNCCCS(=O)(=O)N1CCC(CN(C)C)CC1. The summed E-state index contributed by atoms with van der Waals surface area (Å²) >= 11 is 0. The van der Waals surface area contributed by atoms with E-state index in [0.717, 1.165) is 25.9 Å². The molecule has 1 aliphatic rings. The zero-order chi connectivity index (χ0) is 13.6. The maximum atomic E-state index is 12.1. The van der Waals surface area contributed by atoms with Crippen LogP contribution in [0.4, 0.5) is 0 Å². The lowest BCUT2D eigenvalue weighted by Crippen LogP contribution is -2.41. The Bertz CT molecular complexity index is 322. The van der Waals surface area contributed by atoms with E-state index in [1.807, 2.05) is 7.05 Å². The average molecular weight is 277 g/mol. The molecule has 1 fully saturated rings. The van der Waals surface area contributed by atoms with Gasteiger partial charge in [0.05, 0.1) is 5.75 Å². The van der Waals surface area contributed by atoms with Crippen LogP contribution in [0.2, 0.25) is 0 Å². The molecule has 0 aromatic rings. The fourth-order valence-electron chi connectivity index (χ4n) is 2.45. The molecular formula is C12H27N3O2S. The van der Waals surface area contributed by atoms with Crippen LogP contribution in [-0.2, 0) is 10.0 Å². The highest BCUT2D eigenvalue weighted by Crippen LogP contribution is 2.20. The number of hydrogen-bond donors (Lipinski definition) is 1. The number of nitrogens with zero attached hydrogens (tertiary/aromatic N) is 2. The second-order valence-electron chi connectivity index (χ2n) is 5.38. The van der Waals surface area contributed by atoms with Crippen LogP contribution >= 0.6 is 0 Å². The Balaban J connectivity index is 2.37. The molecule has 0 spiro atoms. The average Bonchev–Trinajstić information content (AvgIpc) is 2.29. The molecule has 0 radical (unpaired) electrons. The molecule has 108 valence electrons. The van der Waals surface area contributed by atoms with Gasteiger partial charge in [0, 0.05) is 19.6 Å². The highest BCUT2D eigenvalue weighted by Gasteiger charge is 2.27. The first kappa shape index (κ1) is 15.9. The summed E-state index contributed by atoms with van der Waals surface area (Å²) in [5.41, 5.74) is 0. The lowest BCUT2D eigenvalue weighted by molar-refractivity contribution is 0.225. The number of hydrogen-bond acceptors (Lipinski definition) is 4. The van der Waals surface area contributed by atoms with Gasteiger partial charge in [0.15, 0.2) is 0 Å². The van der Waals surface area contributed by atoms with Crippen molar-refractivity contribution in [2.45, 2.75) is 19.3 Å². The Morgan fingerprint density at radius 3 is 2.39 bits per heavy atom. The third-order valence-electron chi connectivity index (χ3n) is 3.42. The molecule has 18 heavy (non-hydrogen) atoms. The van der Waals surface area contributed by atoms with Crippen LogP contribution in [0.3, 0.4) is 0 Å². The van der Waals surface area contributed by atoms with Crippen molar-refractivity contribution < 1.29 is 8.42 Å². The van der Waals surface area contributed by atoms with Crippen LogP contribution in [0.15, 0.2) is 0 Å². The third kappa shape index (κ3) is 5.22. The van der Waals surface area contributed by atoms with Gasteiger partial charge in [0.2, 0.25) is 10.0 Å². The predicted molar refractivity (Wildman–Crippen MR) is 75.2 cm³/mol. The van der Waals surface area contributed by atoms with Crippen molar-refractivity contribution in [2.75, 3.05) is 53.1 Å². The molecule has 5 nitrogen and oxygen atoms in total. The van der Waals surface area contributed by atoms with Crippen LogP contribution in [0.25, 0.3) is 0 Å². The minimum absolute atomic E-state index is 0.270. The van der Waals surface area contributed by atoms with Gasteiger partial charge in [-0.3, -0.25) is 0 Å². The summed E-state index contributed by atoms with van der Waals surface area (Å²) in [4.78, 5) is 2.18. The molecule has 0 bridgehead atoms. The Hall–Kier alpha value is -0.170. The molecule has 1 rings (SSSR count). The van der Waals surface area contributed by atoms with E-state index in [0.29, 0.717) is 25.4 Å². The molecule has 0 unspecified atom stereocenters. The largest absolute Gasteiger partial charge is 0.320 e. The Labute approximate surface area is 112 Å². The fourth-order valence-corrected chi connectivity index (χ4v) is 3.98. The van der Waals surface area contributed by atoms with Crippen LogP contribution in [-0.4, -0.2) is 70.7 Å². The van der Waals surface area contributed by atoms with Gasteiger partial charge in [-0.1, -0.05) is 0 Å². The molecule has 6 heteroatoms. The molecule has 1 N–H and O–H groups in total. The second kappa shape index (κ2) is 7.43. The topological polar surface area (TPSA) is 52.7 Å². The Morgan fingerprint density at radius 1 is 1.28 bits per heavy atom. The fraction of sp³-hybridized carbons (Fsp3) is 1.00. The molecule has 0 amide bonds. The van der Waals surface area contributed by atoms with Gasteiger partial charge in [0.1, 0.15) is 0 Å². The predicted octanol–water partition coefficient (Wildman–Crippen LogP) is 0.199. The van der Waals surface area contributed by atoms with Gasteiger partial charge >= 0.3 is 0 Å². The number of piperidine rings is 1. The minimum Gasteiger partial charge on any atom is -0.320 e. The van der Waals surface area contributed by atoms with E-state index < -0.39 is 10.0 Å². The minimum atomic E-state index is -3.03. The highest BCUT2D eigenvalue weighted by atomic mass is 32.2. The number of sulfonamides is 1. The lowest BCUT2D eigenvalue weighted by Gasteiger charge is -2.32. The monoisotopic (exact) mass is 277 g/mol. The smallest absolute Gasteiger partial charge is 0.214 e. The van der Waals surface area contributed by atoms with E-state index in [2.05, 4.69) is 24.3 Å². The van der Waals surface area contributed by atoms with E-state index >= 15 is 0 Å². The zero-order valence-corrected chi connectivity index (χ0v) is 12.7. The molecule has 1 aliphatic heterocycles. The first-order chi connectivity index (χ1) is 8.45. The van der Waals surface area contributed by atoms with Crippen LogP contribution in [0.5, 0.6) is 0 Å². The van der Waals surface area contributed by atoms with E-state index in [9.17, 15) is 8.42 Å². The van der Waals surface area contributed by atoms with Crippen molar-refractivity contribution in [2.24, 2.45) is 5.92 Å². The summed E-state index contributed by atoms with van der Waals surface area (Å²) in [6.45, 7) is 3.21. The molecule has 0 aromatic heterocycles. The first-order valence-corrected chi connectivity index (χ1v) is 8.34. The Kier molecular flexibility index (Phi) is 6.55. The summed E-state index contributed by atoms with van der Waals surface area (Å²) in [7, 11) is 2.96. The van der Waals surface area contributed by atoms with Crippen LogP contribution < -0.4 is 5.32 Å². The second-order valence-corrected chi connectivity index (χ2v) is 7.47. The summed E-state index contributed by atoms with van der Waals surface area (Å²) in [5, 5.41) is 2.98. The zero-order valence-electron chi connectivity index (χ0n) is 11.9. The first-order valence-electron chi connectivity index (χ1n) is 6.73. The van der Waals surface area contributed by atoms with Crippen molar-refractivity contribution in [3.63, 3.8) is 0 Å². The van der Waals surface area contributed by atoms with E-state index in [4.69, 9.17) is 0 Å². The third-order valence-corrected chi connectivity index (χ3v) is 5.38. The normalized spacial score (nSPS) is 19.6. The molecule has 0 aliphatic carbocycles. The molecule has 1 heterocycles. The summed E-state index contributed by atoms with van der Waals surface area (Å²) in [5.74, 6) is 0.912. The van der Waals surface area contributed by atoms with Crippen LogP contribution in [0.1, 0.15) is 19.3 Å². The molecule has 0 atom stereocenters. The standard InChI is InChI=1S/C12H27N3O2S/c1-13-7-4-10-18(16,17)15-8-5-12(6-9-15)11-14(2)3/h12-13H,4-11H2,1-3H3. The van der Waals surface area contributed by atoms with Crippen molar-refractivity contribution in [3.8, 4) is 0 Å². The van der Waals surface area contributed by atoms with Gasteiger partial charge in [-0.05, 0) is 52.9 Å². The highest BCUT2D eigenvalue weighted by molar-refractivity contribution is 7.89. The van der Waals surface area contributed by atoms with Crippen molar-refractivity contribution in [3.05, 3.63) is 0 Å². The molecule has 0 aromatic carbocycles. The summed E-state index contributed by atoms with van der Waals surface area (Å²) in [6, 6.07) is 0. The van der Waals surface area contributed by atoms with E-state index in [1.54, 1.807) is 4.31 Å². The van der Waals surface area contributed by atoms with Gasteiger partial charge in [-0.15, -0.1) is 0 Å².